The smallest absolute Gasteiger partial charge is 0.326 e. The lowest BCUT2D eigenvalue weighted by molar-refractivity contribution is -0.151. The Hall–Kier alpha value is -3.16. The van der Waals surface area contributed by atoms with Gasteiger partial charge in [-0.2, -0.15) is 5.10 Å². The molecule has 0 spiro atoms. The first-order valence-electron chi connectivity index (χ1n) is 9.43. The minimum atomic E-state index is -0.405. The minimum absolute atomic E-state index is 0.0357. The number of rotatable bonds is 5. The third-order valence-electron chi connectivity index (χ3n) is 5.02. The van der Waals surface area contributed by atoms with Crippen LogP contribution in [0.1, 0.15) is 32.1 Å². The van der Waals surface area contributed by atoms with Crippen molar-refractivity contribution < 1.29 is 14.3 Å². The van der Waals surface area contributed by atoms with E-state index in [4.69, 9.17) is 9.47 Å². The number of benzene rings is 1. The molecular formula is C20H22N4O4. The second kappa shape index (κ2) is 7.84. The van der Waals surface area contributed by atoms with Gasteiger partial charge in [0.2, 0.25) is 0 Å². The van der Waals surface area contributed by atoms with Crippen molar-refractivity contribution in [3.05, 3.63) is 47.1 Å². The average molecular weight is 382 g/mol. The van der Waals surface area contributed by atoms with Gasteiger partial charge in [-0.15, -0.1) is 0 Å². The summed E-state index contributed by atoms with van der Waals surface area (Å²) in [5.41, 5.74) is 0.884. The Bertz CT molecular complexity index is 1030. The first-order valence-corrected chi connectivity index (χ1v) is 9.43. The molecular weight excluding hydrogens is 360 g/mol. The van der Waals surface area contributed by atoms with Gasteiger partial charge in [0, 0.05) is 0 Å². The van der Waals surface area contributed by atoms with Crippen LogP contribution in [-0.4, -0.2) is 38.5 Å². The van der Waals surface area contributed by atoms with Crippen LogP contribution in [0.3, 0.4) is 0 Å². The number of hydrogen-bond donors (Lipinski definition) is 0. The fourth-order valence-electron chi connectivity index (χ4n) is 3.52. The summed E-state index contributed by atoms with van der Waals surface area (Å²) in [4.78, 5) is 29.3. The standard InChI is InChI=1S/C20H22N4O4/c1-27-15-9-7-14(8-10-15)24-19-17(11-22-24)20(26)23(13-21-19)12-18(25)28-16-5-3-2-4-6-16/h7-11,13,16H,2-6,12H2,1H3. The van der Waals surface area contributed by atoms with E-state index in [-0.39, 0.29) is 18.2 Å². The van der Waals surface area contributed by atoms with Gasteiger partial charge < -0.3 is 9.47 Å². The number of carbonyl (C=O) groups excluding carboxylic acids is 1. The van der Waals surface area contributed by atoms with Crippen LogP contribution in [0.2, 0.25) is 0 Å². The third-order valence-corrected chi connectivity index (χ3v) is 5.02. The molecule has 0 N–H and O–H groups in total. The Balaban J connectivity index is 1.55. The molecule has 2 heterocycles. The van der Waals surface area contributed by atoms with Crippen molar-refractivity contribution in [2.75, 3.05) is 7.11 Å². The fraction of sp³-hybridized carbons (Fsp3) is 0.400. The summed E-state index contributed by atoms with van der Waals surface area (Å²) < 4.78 is 13.5. The molecule has 0 atom stereocenters. The van der Waals surface area contributed by atoms with E-state index in [2.05, 4.69) is 10.1 Å². The van der Waals surface area contributed by atoms with E-state index in [9.17, 15) is 9.59 Å². The molecule has 8 heteroatoms. The van der Waals surface area contributed by atoms with Crippen LogP contribution < -0.4 is 10.3 Å². The third kappa shape index (κ3) is 3.62. The lowest BCUT2D eigenvalue weighted by Crippen LogP contribution is -2.28. The van der Waals surface area contributed by atoms with E-state index in [0.717, 1.165) is 37.1 Å². The zero-order chi connectivity index (χ0) is 19.5. The number of methoxy groups -OCH3 is 1. The van der Waals surface area contributed by atoms with Crippen LogP contribution >= 0.6 is 0 Å². The number of aromatic nitrogens is 4. The van der Waals surface area contributed by atoms with E-state index >= 15 is 0 Å². The van der Waals surface area contributed by atoms with Crippen LogP contribution in [0, 0.1) is 0 Å². The number of hydrogen-bond acceptors (Lipinski definition) is 6. The van der Waals surface area contributed by atoms with E-state index in [0.29, 0.717) is 11.0 Å². The Morgan fingerprint density at radius 1 is 1.18 bits per heavy atom. The highest BCUT2D eigenvalue weighted by Gasteiger charge is 2.19. The molecule has 1 fully saturated rings. The molecule has 146 valence electrons. The Morgan fingerprint density at radius 3 is 2.64 bits per heavy atom. The maximum atomic E-state index is 12.7. The van der Waals surface area contributed by atoms with Gasteiger partial charge in [-0.25, -0.2) is 9.67 Å². The summed E-state index contributed by atoms with van der Waals surface area (Å²) in [6.45, 7) is -0.147. The normalized spacial score (nSPS) is 14.9. The van der Waals surface area contributed by atoms with Gasteiger partial charge in [0.15, 0.2) is 5.65 Å². The summed E-state index contributed by atoms with van der Waals surface area (Å²) in [7, 11) is 1.60. The van der Waals surface area contributed by atoms with Gasteiger partial charge in [0.25, 0.3) is 5.56 Å². The van der Waals surface area contributed by atoms with Crippen molar-refractivity contribution in [1.29, 1.82) is 0 Å². The lowest BCUT2D eigenvalue weighted by Gasteiger charge is -2.21. The summed E-state index contributed by atoms with van der Waals surface area (Å²) in [6, 6.07) is 7.29. The molecule has 0 saturated heterocycles. The summed E-state index contributed by atoms with van der Waals surface area (Å²) in [5, 5.41) is 4.63. The van der Waals surface area contributed by atoms with Crippen LogP contribution in [0.25, 0.3) is 16.7 Å². The fourth-order valence-corrected chi connectivity index (χ4v) is 3.52. The van der Waals surface area contributed by atoms with Crippen molar-refractivity contribution in [2.24, 2.45) is 0 Å². The molecule has 0 amide bonds. The molecule has 0 bridgehead atoms. The van der Waals surface area contributed by atoms with Crippen molar-refractivity contribution in [3.8, 4) is 11.4 Å². The van der Waals surface area contributed by atoms with Crippen LogP contribution in [0.4, 0.5) is 0 Å². The molecule has 1 aliphatic carbocycles. The van der Waals surface area contributed by atoms with E-state index < -0.39 is 5.97 Å². The largest absolute Gasteiger partial charge is 0.497 e. The monoisotopic (exact) mass is 382 g/mol. The second-order valence-electron chi connectivity index (χ2n) is 6.92. The lowest BCUT2D eigenvalue weighted by atomic mass is 9.98. The molecule has 3 aromatic rings. The van der Waals surface area contributed by atoms with Gasteiger partial charge in [0.1, 0.15) is 30.1 Å². The molecule has 8 nitrogen and oxygen atoms in total. The molecule has 4 rings (SSSR count). The maximum absolute atomic E-state index is 12.7. The van der Waals surface area contributed by atoms with Gasteiger partial charge in [0.05, 0.1) is 19.0 Å². The molecule has 2 aromatic heterocycles. The quantitative estimate of drug-likeness (QED) is 0.630. The summed E-state index contributed by atoms with van der Waals surface area (Å²) in [5.74, 6) is 0.324. The van der Waals surface area contributed by atoms with E-state index in [1.165, 1.54) is 23.5 Å². The molecule has 1 saturated carbocycles. The van der Waals surface area contributed by atoms with Crippen molar-refractivity contribution in [2.45, 2.75) is 44.8 Å². The van der Waals surface area contributed by atoms with Gasteiger partial charge in [-0.3, -0.25) is 14.2 Å². The highest BCUT2D eigenvalue weighted by Crippen LogP contribution is 2.20. The number of ether oxygens (including phenoxy) is 2. The van der Waals surface area contributed by atoms with Gasteiger partial charge >= 0.3 is 5.97 Å². The molecule has 28 heavy (non-hydrogen) atoms. The van der Waals surface area contributed by atoms with E-state index in [1.54, 1.807) is 11.8 Å². The SMILES string of the molecule is COc1ccc(-n2ncc3c(=O)n(CC(=O)OC4CCCCC4)cnc32)cc1. The van der Waals surface area contributed by atoms with Gasteiger partial charge in [-0.05, 0) is 49.9 Å². The van der Waals surface area contributed by atoms with Crippen LogP contribution in [-0.2, 0) is 16.1 Å². The Kier molecular flexibility index (Phi) is 5.10. The topological polar surface area (TPSA) is 88.2 Å². The first kappa shape index (κ1) is 18.2. The summed E-state index contributed by atoms with van der Waals surface area (Å²) >= 11 is 0. The number of nitrogens with zero attached hydrogens (tertiary/aromatic N) is 4. The minimum Gasteiger partial charge on any atom is -0.497 e. The zero-order valence-electron chi connectivity index (χ0n) is 15.7. The highest BCUT2D eigenvalue weighted by molar-refractivity contribution is 5.76. The van der Waals surface area contributed by atoms with Crippen molar-refractivity contribution in [1.82, 2.24) is 19.3 Å². The average Bonchev–Trinajstić information content (AvgIpc) is 3.16. The highest BCUT2D eigenvalue weighted by atomic mass is 16.5. The van der Waals surface area contributed by atoms with Crippen molar-refractivity contribution in [3.63, 3.8) is 0 Å². The number of carbonyl (C=O) groups is 1. The first-order chi connectivity index (χ1) is 13.7. The summed E-state index contributed by atoms with van der Waals surface area (Å²) in [6.07, 6.45) is 7.94. The van der Waals surface area contributed by atoms with Crippen LogP contribution in [0.5, 0.6) is 5.75 Å². The van der Waals surface area contributed by atoms with E-state index in [1.807, 2.05) is 24.3 Å². The zero-order valence-corrected chi connectivity index (χ0v) is 15.7. The van der Waals surface area contributed by atoms with Crippen molar-refractivity contribution >= 4 is 17.0 Å². The Labute approximate surface area is 161 Å². The predicted molar refractivity (Wildman–Crippen MR) is 103 cm³/mol. The number of esters is 1. The molecule has 1 aliphatic rings. The van der Waals surface area contributed by atoms with Crippen LogP contribution in [0.15, 0.2) is 41.6 Å². The molecule has 0 unspecified atom stereocenters. The molecule has 0 aliphatic heterocycles. The van der Waals surface area contributed by atoms with Gasteiger partial charge in [-0.1, -0.05) is 6.42 Å². The predicted octanol–water partition coefficient (Wildman–Crippen LogP) is 2.47. The second-order valence-corrected chi connectivity index (χ2v) is 6.92. The number of fused-ring (bicyclic) bond motifs is 1. The molecule has 1 aromatic carbocycles. The Morgan fingerprint density at radius 2 is 1.93 bits per heavy atom. The molecule has 0 radical (unpaired) electrons. The maximum Gasteiger partial charge on any atom is 0.326 e.